The lowest BCUT2D eigenvalue weighted by atomic mass is 10.2. The van der Waals surface area contributed by atoms with Crippen LogP contribution in [0.3, 0.4) is 0 Å². The van der Waals surface area contributed by atoms with Crippen LogP contribution in [0.5, 0.6) is 11.5 Å². The summed E-state index contributed by atoms with van der Waals surface area (Å²) in [5, 5.41) is 8.83. The summed E-state index contributed by atoms with van der Waals surface area (Å²) in [5.74, 6) is -0.972. The van der Waals surface area contributed by atoms with Crippen LogP contribution in [0.1, 0.15) is 5.56 Å². The zero-order valence-corrected chi connectivity index (χ0v) is 17.2. The van der Waals surface area contributed by atoms with Crippen molar-refractivity contribution in [2.75, 3.05) is 39.3 Å². The summed E-state index contributed by atoms with van der Waals surface area (Å²) in [6.45, 7) is 0.320. The molecule has 31 heavy (non-hydrogen) atoms. The first-order chi connectivity index (χ1) is 15.0. The van der Waals surface area contributed by atoms with Gasteiger partial charge in [0.05, 0.1) is 19.9 Å². The third-order valence-electron chi connectivity index (χ3n) is 3.76. The highest BCUT2D eigenvalue weighted by molar-refractivity contribution is 6.35. The standard InChI is InChI=1S/C21H24N4O6/c1-29-10-9-22-20(27)21(28)25-23-13-15-5-3-8-18(11-15)31-14-19(26)24-16-6-4-7-17(12-16)30-2/h3-8,11-13H,9-10,14H2,1-2H3,(H,22,27)(H,24,26)(H,25,28)/b23-13-. The second kappa shape index (κ2) is 12.6. The molecule has 10 heteroatoms. The number of hydrogen-bond donors (Lipinski definition) is 3. The van der Waals surface area contributed by atoms with E-state index in [4.69, 9.17) is 14.2 Å². The maximum Gasteiger partial charge on any atom is 0.329 e. The highest BCUT2D eigenvalue weighted by Crippen LogP contribution is 2.17. The van der Waals surface area contributed by atoms with E-state index in [-0.39, 0.29) is 19.1 Å². The third-order valence-corrected chi connectivity index (χ3v) is 3.76. The van der Waals surface area contributed by atoms with Gasteiger partial charge in [-0.1, -0.05) is 18.2 Å². The van der Waals surface area contributed by atoms with Crippen molar-refractivity contribution in [3.63, 3.8) is 0 Å². The molecule has 0 heterocycles. The minimum Gasteiger partial charge on any atom is -0.497 e. The molecule has 2 aromatic rings. The molecule has 3 amide bonds. The van der Waals surface area contributed by atoms with E-state index in [1.807, 2.05) is 0 Å². The summed E-state index contributed by atoms with van der Waals surface area (Å²) in [6.07, 6.45) is 1.35. The maximum atomic E-state index is 12.1. The average Bonchev–Trinajstić information content (AvgIpc) is 2.78. The van der Waals surface area contributed by atoms with E-state index >= 15 is 0 Å². The number of rotatable bonds is 10. The minimum atomic E-state index is -0.894. The van der Waals surface area contributed by atoms with Gasteiger partial charge in [0, 0.05) is 25.4 Å². The lowest BCUT2D eigenvalue weighted by Crippen LogP contribution is -2.39. The van der Waals surface area contributed by atoms with E-state index in [0.717, 1.165) is 0 Å². The van der Waals surface area contributed by atoms with Crippen molar-refractivity contribution in [2.24, 2.45) is 5.10 Å². The van der Waals surface area contributed by atoms with Crippen LogP contribution in [0.4, 0.5) is 5.69 Å². The number of amides is 3. The Morgan fingerprint density at radius 1 is 1.00 bits per heavy atom. The number of nitrogens with one attached hydrogen (secondary N) is 3. The number of anilines is 1. The van der Waals surface area contributed by atoms with Crippen LogP contribution < -0.4 is 25.5 Å². The van der Waals surface area contributed by atoms with E-state index in [9.17, 15) is 14.4 Å². The van der Waals surface area contributed by atoms with Gasteiger partial charge in [-0.2, -0.15) is 5.10 Å². The molecule has 0 aromatic heterocycles. The van der Waals surface area contributed by atoms with Crippen molar-refractivity contribution in [3.05, 3.63) is 54.1 Å². The maximum absolute atomic E-state index is 12.1. The molecule has 0 unspecified atom stereocenters. The molecular formula is C21H24N4O6. The molecule has 164 valence electrons. The van der Waals surface area contributed by atoms with Crippen LogP contribution in [-0.2, 0) is 19.1 Å². The molecule has 0 fully saturated rings. The van der Waals surface area contributed by atoms with E-state index in [1.54, 1.807) is 55.6 Å². The first-order valence-corrected chi connectivity index (χ1v) is 9.28. The zero-order valence-electron chi connectivity index (χ0n) is 17.2. The smallest absolute Gasteiger partial charge is 0.329 e. The van der Waals surface area contributed by atoms with Crippen LogP contribution >= 0.6 is 0 Å². The Kier molecular flexibility index (Phi) is 9.50. The number of carbonyl (C=O) groups excluding carboxylic acids is 3. The van der Waals surface area contributed by atoms with Crippen LogP contribution in [0.25, 0.3) is 0 Å². The monoisotopic (exact) mass is 428 g/mol. The molecule has 0 saturated heterocycles. The molecule has 0 atom stereocenters. The normalized spacial score (nSPS) is 10.4. The van der Waals surface area contributed by atoms with Gasteiger partial charge in [0.15, 0.2) is 6.61 Å². The quantitative estimate of drug-likeness (QED) is 0.224. The van der Waals surface area contributed by atoms with E-state index in [2.05, 4.69) is 21.2 Å². The number of methoxy groups -OCH3 is 2. The van der Waals surface area contributed by atoms with E-state index < -0.39 is 11.8 Å². The summed E-state index contributed by atoms with van der Waals surface area (Å²) < 4.78 is 15.4. The molecule has 0 aliphatic rings. The fourth-order valence-electron chi connectivity index (χ4n) is 2.29. The predicted molar refractivity (Wildman–Crippen MR) is 114 cm³/mol. The molecule has 10 nitrogen and oxygen atoms in total. The van der Waals surface area contributed by atoms with Crippen LogP contribution in [-0.4, -0.2) is 57.9 Å². The van der Waals surface area contributed by atoms with Gasteiger partial charge in [0.25, 0.3) is 5.91 Å². The SMILES string of the molecule is COCCNC(=O)C(=O)N/N=C\c1cccc(OCC(=O)Nc2cccc(OC)c2)c1. The van der Waals surface area contributed by atoms with Crippen LogP contribution in [0, 0.1) is 0 Å². The Morgan fingerprint density at radius 2 is 1.77 bits per heavy atom. The molecule has 2 rings (SSSR count). The van der Waals surface area contributed by atoms with Crippen LogP contribution in [0.15, 0.2) is 53.6 Å². The second-order valence-electron chi connectivity index (χ2n) is 6.09. The Hall–Kier alpha value is -3.92. The fourth-order valence-corrected chi connectivity index (χ4v) is 2.29. The number of hydrazone groups is 1. The van der Waals surface area contributed by atoms with Crippen molar-refractivity contribution in [1.82, 2.24) is 10.7 Å². The van der Waals surface area contributed by atoms with Gasteiger partial charge < -0.3 is 24.8 Å². The average molecular weight is 428 g/mol. The zero-order chi connectivity index (χ0) is 22.5. The van der Waals surface area contributed by atoms with Gasteiger partial charge in [-0.15, -0.1) is 0 Å². The Balaban J connectivity index is 1.81. The first-order valence-electron chi connectivity index (χ1n) is 9.28. The molecule has 0 bridgehead atoms. The summed E-state index contributed by atoms with van der Waals surface area (Å²) >= 11 is 0. The lowest BCUT2D eigenvalue weighted by Gasteiger charge is -2.09. The largest absolute Gasteiger partial charge is 0.497 e. The summed E-state index contributed by atoms with van der Waals surface area (Å²) in [7, 11) is 3.03. The highest BCUT2D eigenvalue weighted by atomic mass is 16.5. The molecule has 0 saturated carbocycles. The minimum absolute atomic E-state index is 0.198. The number of benzene rings is 2. The molecule has 0 aliphatic carbocycles. The third kappa shape index (κ3) is 8.54. The van der Waals surface area contributed by atoms with Crippen molar-refractivity contribution < 1.29 is 28.6 Å². The van der Waals surface area contributed by atoms with E-state index in [1.165, 1.54) is 13.3 Å². The molecule has 2 aromatic carbocycles. The summed E-state index contributed by atoms with van der Waals surface area (Å²) in [5.41, 5.74) is 3.32. The number of ether oxygens (including phenoxy) is 3. The van der Waals surface area contributed by atoms with Crippen LogP contribution in [0.2, 0.25) is 0 Å². The first kappa shape index (κ1) is 23.4. The Bertz CT molecular complexity index is 932. The van der Waals surface area contributed by atoms with Gasteiger partial charge >= 0.3 is 11.8 Å². The molecule has 3 N–H and O–H groups in total. The lowest BCUT2D eigenvalue weighted by molar-refractivity contribution is -0.139. The van der Waals surface area contributed by atoms with Crippen molar-refractivity contribution >= 4 is 29.6 Å². The number of carbonyl (C=O) groups is 3. The Morgan fingerprint density at radius 3 is 2.55 bits per heavy atom. The van der Waals surface area contributed by atoms with Crippen molar-refractivity contribution in [2.45, 2.75) is 0 Å². The number of nitrogens with zero attached hydrogens (tertiary/aromatic N) is 1. The predicted octanol–water partition coefficient (Wildman–Crippen LogP) is 0.925. The fraction of sp³-hybridized carbons (Fsp3) is 0.238. The summed E-state index contributed by atoms with van der Waals surface area (Å²) in [4.78, 5) is 35.2. The van der Waals surface area contributed by atoms with Crippen molar-refractivity contribution in [3.8, 4) is 11.5 Å². The highest BCUT2D eigenvalue weighted by Gasteiger charge is 2.11. The Labute approximate surface area is 179 Å². The topological polar surface area (TPSA) is 127 Å². The second-order valence-corrected chi connectivity index (χ2v) is 6.09. The van der Waals surface area contributed by atoms with Crippen molar-refractivity contribution in [1.29, 1.82) is 0 Å². The molecule has 0 radical (unpaired) electrons. The van der Waals surface area contributed by atoms with Gasteiger partial charge in [0.2, 0.25) is 0 Å². The van der Waals surface area contributed by atoms with Gasteiger partial charge in [-0.3, -0.25) is 14.4 Å². The van der Waals surface area contributed by atoms with Gasteiger partial charge in [-0.05, 0) is 29.8 Å². The number of hydrogen-bond acceptors (Lipinski definition) is 7. The molecular weight excluding hydrogens is 404 g/mol. The molecule has 0 spiro atoms. The molecule has 0 aliphatic heterocycles. The van der Waals surface area contributed by atoms with Gasteiger partial charge in [0.1, 0.15) is 11.5 Å². The summed E-state index contributed by atoms with van der Waals surface area (Å²) in [6, 6.07) is 13.7. The van der Waals surface area contributed by atoms with Gasteiger partial charge in [-0.25, -0.2) is 5.43 Å². The van der Waals surface area contributed by atoms with E-state index in [0.29, 0.717) is 29.4 Å².